The monoisotopic (exact) mass is 381 g/mol. The van der Waals surface area contributed by atoms with Crippen LogP contribution >= 0.6 is 0 Å². The summed E-state index contributed by atoms with van der Waals surface area (Å²) in [6.45, 7) is 5.79. The second-order valence-electron chi connectivity index (χ2n) is 6.57. The van der Waals surface area contributed by atoms with Crippen LogP contribution in [-0.4, -0.2) is 21.1 Å². The number of ether oxygens (including phenoxy) is 1. The first-order valence-corrected chi connectivity index (χ1v) is 8.74. The number of nitrogens with zero attached hydrogens (tertiary/aromatic N) is 3. The highest BCUT2D eigenvalue weighted by Gasteiger charge is 2.20. The lowest BCUT2D eigenvalue weighted by molar-refractivity contribution is -0.384. The van der Waals surface area contributed by atoms with Crippen molar-refractivity contribution in [1.82, 2.24) is 10.2 Å². The molecule has 3 aromatic rings. The maximum atomic E-state index is 12.3. The lowest BCUT2D eigenvalue weighted by atomic mass is 10.0. The highest BCUT2D eigenvalue weighted by atomic mass is 16.6. The van der Waals surface area contributed by atoms with E-state index in [4.69, 9.17) is 9.15 Å². The average Bonchev–Trinajstić information content (AvgIpc) is 3.18. The molecule has 0 amide bonds. The van der Waals surface area contributed by atoms with Gasteiger partial charge < -0.3 is 9.15 Å². The molecule has 0 aliphatic heterocycles. The van der Waals surface area contributed by atoms with E-state index in [1.807, 2.05) is 12.1 Å². The second kappa shape index (κ2) is 7.99. The molecule has 0 saturated heterocycles. The Hall–Kier alpha value is -3.55. The molecule has 2 aromatic carbocycles. The van der Waals surface area contributed by atoms with Gasteiger partial charge in [0.05, 0.1) is 10.5 Å². The standard InChI is InChI=1S/C20H19N3O5/c1-12(2)14-4-6-16(7-5-14)20(24)27-13(3)18-21-22-19(28-18)15-8-10-17(11-9-15)23(25)26/h4-13H,1-3H3/t13-/m1/s1. The van der Waals surface area contributed by atoms with Crippen molar-refractivity contribution < 1.29 is 18.9 Å². The summed E-state index contributed by atoms with van der Waals surface area (Å²) in [5, 5.41) is 18.5. The number of esters is 1. The summed E-state index contributed by atoms with van der Waals surface area (Å²) in [5.41, 5.74) is 2.07. The molecule has 0 saturated carbocycles. The Morgan fingerprint density at radius 1 is 1.04 bits per heavy atom. The highest BCUT2D eigenvalue weighted by molar-refractivity contribution is 5.89. The number of hydrogen-bond acceptors (Lipinski definition) is 7. The normalized spacial score (nSPS) is 12.0. The van der Waals surface area contributed by atoms with Gasteiger partial charge in [-0.15, -0.1) is 10.2 Å². The first-order valence-electron chi connectivity index (χ1n) is 8.74. The van der Waals surface area contributed by atoms with E-state index in [-0.39, 0.29) is 17.5 Å². The molecule has 0 N–H and O–H groups in total. The van der Waals surface area contributed by atoms with Crippen molar-refractivity contribution in [1.29, 1.82) is 0 Å². The molecule has 0 bridgehead atoms. The molecular formula is C20H19N3O5. The zero-order chi connectivity index (χ0) is 20.3. The number of non-ortho nitro benzene ring substituents is 1. The molecule has 28 heavy (non-hydrogen) atoms. The van der Waals surface area contributed by atoms with E-state index < -0.39 is 17.0 Å². The summed E-state index contributed by atoms with van der Waals surface area (Å²) in [6, 6.07) is 13.0. The molecule has 1 heterocycles. The Labute approximate surface area is 161 Å². The molecule has 0 unspecified atom stereocenters. The molecule has 0 fully saturated rings. The van der Waals surface area contributed by atoms with Gasteiger partial charge in [-0.25, -0.2) is 4.79 Å². The zero-order valence-electron chi connectivity index (χ0n) is 15.7. The van der Waals surface area contributed by atoms with Crippen LogP contribution in [0.3, 0.4) is 0 Å². The van der Waals surface area contributed by atoms with Crippen molar-refractivity contribution in [3.8, 4) is 11.5 Å². The Morgan fingerprint density at radius 3 is 2.25 bits per heavy atom. The lowest BCUT2D eigenvalue weighted by Crippen LogP contribution is -2.09. The quantitative estimate of drug-likeness (QED) is 0.346. The predicted molar refractivity (Wildman–Crippen MR) is 101 cm³/mol. The van der Waals surface area contributed by atoms with E-state index in [2.05, 4.69) is 24.0 Å². The van der Waals surface area contributed by atoms with Gasteiger partial charge >= 0.3 is 5.97 Å². The number of aromatic nitrogens is 2. The van der Waals surface area contributed by atoms with E-state index >= 15 is 0 Å². The Balaban J connectivity index is 1.68. The second-order valence-corrected chi connectivity index (χ2v) is 6.57. The van der Waals surface area contributed by atoms with Gasteiger partial charge in [0.1, 0.15) is 0 Å². The van der Waals surface area contributed by atoms with Gasteiger partial charge in [0.2, 0.25) is 5.89 Å². The van der Waals surface area contributed by atoms with E-state index in [9.17, 15) is 14.9 Å². The van der Waals surface area contributed by atoms with Crippen LogP contribution < -0.4 is 0 Å². The van der Waals surface area contributed by atoms with Crippen molar-refractivity contribution >= 4 is 11.7 Å². The van der Waals surface area contributed by atoms with Crippen molar-refractivity contribution in [3.05, 3.63) is 75.7 Å². The third-order valence-electron chi connectivity index (χ3n) is 4.21. The third-order valence-corrected chi connectivity index (χ3v) is 4.21. The van der Waals surface area contributed by atoms with E-state index in [1.54, 1.807) is 19.1 Å². The number of hydrogen-bond donors (Lipinski definition) is 0. The maximum absolute atomic E-state index is 12.3. The van der Waals surface area contributed by atoms with Crippen molar-refractivity contribution in [2.75, 3.05) is 0 Å². The van der Waals surface area contributed by atoms with Gasteiger partial charge in [0.15, 0.2) is 6.10 Å². The number of carbonyl (C=O) groups excluding carboxylic acids is 1. The van der Waals surface area contributed by atoms with Crippen molar-refractivity contribution in [2.24, 2.45) is 0 Å². The van der Waals surface area contributed by atoms with Gasteiger partial charge in [-0.3, -0.25) is 10.1 Å². The minimum absolute atomic E-state index is 0.0331. The molecule has 8 nitrogen and oxygen atoms in total. The first kappa shape index (κ1) is 19.2. The molecule has 3 rings (SSSR count). The van der Waals surface area contributed by atoms with E-state index in [0.717, 1.165) is 5.56 Å². The third kappa shape index (κ3) is 4.22. The summed E-state index contributed by atoms with van der Waals surface area (Å²) in [6.07, 6.45) is -0.739. The summed E-state index contributed by atoms with van der Waals surface area (Å²) in [5.74, 6) is 0.215. The van der Waals surface area contributed by atoms with Gasteiger partial charge in [0.25, 0.3) is 11.6 Å². The van der Waals surface area contributed by atoms with E-state index in [1.165, 1.54) is 24.3 Å². The average molecular weight is 381 g/mol. The zero-order valence-corrected chi connectivity index (χ0v) is 15.7. The highest BCUT2D eigenvalue weighted by Crippen LogP contribution is 2.25. The number of carbonyl (C=O) groups is 1. The van der Waals surface area contributed by atoms with Gasteiger partial charge in [-0.1, -0.05) is 26.0 Å². The minimum atomic E-state index is -0.739. The molecule has 0 aliphatic carbocycles. The van der Waals surface area contributed by atoms with Crippen LogP contribution in [0.1, 0.15) is 54.6 Å². The number of nitro benzene ring substituents is 1. The molecule has 1 aromatic heterocycles. The Bertz CT molecular complexity index is 978. The lowest BCUT2D eigenvalue weighted by Gasteiger charge is -2.10. The van der Waals surface area contributed by atoms with Gasteiger partial charge in [0, 0.05) is 17.7 Å². The molecule has 0 spiro atoms. The number of rotatable bonds is 6. The Kier molecular flexibility index (Phi) is 5.49. The van der Waals surface area contributed by atoms with Crippen LogP contribution in [0, 0.1) is 10.1 Å². The smallest absolute Gasteiger partial charge is 0.338 e. The fourth-order valence-electron chi connectivity index (χ4n) is 2.52. The molecule has 8 heteroatoms. The topological polar surface area (TPSA) is 108 Å². The first-order chi connectivity index (χ1) is 13.3. The van der Waals surface area contributed by atoms with E-state index in [0.29, 0.717) is 17.0 Å². The van der Waals surface area contributed by atoms with Crippen LogP contribution in [0.25, 0.3) is 11.5 Å². The molecule has 144 valence electrons. The van der Waals surface area contributed by atoms with Crippen LogP contribution in [0.5, 0.6) is 0 Å². The molecule has 1 atom stereocenters. The summed E-state index contributed by atoms with van der Waals surface area (Å²) >= 11 is 0. The fourth-order valence-corrected chi connectivity index (χ4v) is 2.52. The van der Waals surface area contributed by atoms with Crippen LogP contribution in [-0.2, 0) is 4.74 Å². The molecular weight excluding hydrogens is 362 g/mol. The minimum Gasteiger partial charge on any atom is -0.449 e. The van der Waals surface area contributed by atoms with Crippen molar-refractivity contribution in [3.63, 3.8) is 0 Å². The van der Waals surface area contributed by atoms with Gasteiger partial charge in [-0.05, 0) is 42.7 Å². The Morgan fingerprint density at radius 2 is 1.68 bits per heavy atom. The van der Waals surface area contributed by atoms with Gasteiger partial charge in [-0.2, -0.15) is 0 Å². The fraction of sp³-hybridized carbons (Fsp3) is 0.250. The molecule has 0 aliphatic rings. The SMILES string of the molecule is CC(C)c1ccc(C(=O)O[C@H](C)c2nnc(-c3ccc([N+](=O)[O-])cc3)o2)cc1. The van der Waals surface area contributed by atoms with Crippen LogP contribution in [0.2, 0.25) is 0 Å². The summed E-state index contributed by atoms with van der Waals surface area (Å²) < 4.78 is 10.9. The number of benzene rings is 2. The van der Waals surface area contributed by atoms with Crippen LogP contribution in [0.4, 0.5) is 5.69 Å². The predicted octanol–water partition coefficient (Wildman–Crippen LogP) is 4.69. The summed E-state index contributed by atoms with van der Waals surface area (Å²) in [4.78, 5) is 22.5. The molecule has 0 radical (unpaired) electrons. The number of nitro groups is 1. The maximum Gasteiger partial charge on any atom is 0.338 e. The largest absolute Gasteiger partial charge is 0.449 e. The van der Waals surface area contributed by atoms with Crippen LogP contribution in [0.15, 0.2) is 52.9 Å². The van der Waals surface area contributed by atoms with Crippen molar-refractivity contribution in [2.45, 2.75) is 32.8 Å². The summed E-state index contributed by atoms with van der Waals surface area (Å²) in [7, 11) is 0.